The van der Waals surface area contributed by atoms with Gasteiger partial charge in [0.05, 0.1) is 25.9 Å². The third kappa shape index (κ3) is 11.0. The molecule has 0 spiro atoms. The van der Waals surface area contributed by atoms with Crippen LogP contribution >= 0.6 is 0 Å². The molecule has 8 nitrogen and oxygen atoms in total. The van der Waals surface area contributed by atoms with Crippen molar-refractivity contribution in [3.63, 3.8) is 0 Å². The number of esters is 2. The Bertz CT molecular complexity index is 925. The van der Waals surface area contributed by atoms with Gasteiger partial charge in [0.15, 0.2) is 6.29 Å². The van der Waals surface area contributed by atoms with E-state index in [1.807, 2.05) is 24.3 Å². The highest BCUT2D eigenvalue weighted by Crippen LogP contribution is 2.42. The zero-order valence-electron chi connectivity index (χ0n) is 24.4. The molecule has 1 unspecified atom stereocenters. The number of methoxy groups -OCH3 is 2. The second kappa shape index (κ2) is 17.5. The number of aliphatic hydroxyl groups is 1. The van der Waals surface area contributed by atoms with Gasteiger partial charge in [-0.3, -0.25) is 9.59 Å². The summed E-state index contributed by atoms with van der Waals surface area (Å²) in [4.78, 5) is 23.4. The fourth-order valence-corrected chi connectivity index (χ4v) is 5.92. The maximum atomic E-state index is 12.0. The van der Waals surface area contributed by atoms with Crippen LogP contribution in [0.3, 0.4) is 0 Å². The lowest BCUT2D eigenvalue weighted by Crippen LogP contribution is -2.31. The third-order valence-electron chi connectivity index (χ3n) is 7.85. The number of carbonyl (C=O) groups excluding carboxylic acids is 2. The van der Waals surface area contributed by atoms with Crippen LogP contribution in [0.2, 0.25) is 0 Å². The monoisotopic (exact) mass is 560 g/mol. The first kappa shape index (κ1) is 32.3. The molecule has 1 aromatic carbocycles. The number of carbonyl (C=O) groups is 2. The summed E-state index contributed by atoms with van der Waals surface area (Å²) in [7, 11) is 3.09. The number of ether oxygens (including phenoxy) is 5. The summed E-state index contributed by atoms with van der Waals surface area (Å²) >= 11 is 0. The van der Waals surface area contributed by atoms with E-state index in [-0.39, 0.29) is 42.3 Å². The first-order valence-electron chi connectivity index (χ1n) is 14.8. The van der Waals surface area contributed by atoms with Gasteiger partial charge < -0.3 is 28.8 Å². The summed E-state index contributed by atoms with van der Waals surface area (Å²) in [5, 5.41) is 10.9. The first-order valence-corrected chi connectivity index (χ1v) is 14.8. The van der Waals surface area contributed by atoms with Crippen LogP contribution in [-0.4, -0.2) is 62.5 Å². The van der Waals surface area contributed by atoms with Crippen LogP contribution in [-0.2, 0) is 46.3 Å². The van der Waals surface area contributed by atoms with Crippen LogP contribution in [0.5, 0.6) is 0 Å². The van der Waals surface area contributed by atoms with E-state index in [4.69, 9.17) is 23.7 Å². The molecule has 1 N–H and O–H groups in total. The molecule has 40 heavy (non-hydrogen) atoms. The number of aliphatic hydroxyl groups excluding tert-OH is 1. The maximum absolute atomic E-state index is 12.0. The van der Waals surface area contributed by atoms with E-state index in [1.54, 1.807) is 7.11 Å². The Hall–Kier alpha value is -2.26. The molecule has 6 atom stereocenters. The van der Waals surface area contributed by atoms with Crippen molar-refractivity contribution in [1.29, 1.82) is 0 Å². The molecule has 0 aromatic heterocycles. The molecular weight excluding hydrogens is 512 g/mol. The zero-order chi connectivity index (χ0) is 28.7. The molecule has 0 bridgehead atoms. The van der Waals surface area contributed by atoms with Crippen LogP contribution < -0.4 is 0 Å². The first-order chi connectivity index (χ1) is 19.4. The lowest BCUT2D eigenvalue weighted by Gasteiger charge is -2.29. The quantitative estimate of drug-likeness (QED) is 0.165. The highest BCUT2D eigenvalue weighted by Gasteiger charge is 2.45. The lowest BCUT2D eigenvalue weighted by atomic mass is 9.87. The van der Waals surface area contributed by atoms with Gasteiger partial charge in [-0.1, -0.05) is 55.7 Å². The standard InChI is InChI=1S/C32H48O8/c1-23(33)39-29-21-30(40-32-15-8-9-18-38-32)28(27(29)13-6-4-5-7-14-31(35)37-3)17-16-26(34)20-24-11-10-12-25(19-24)22-36-2/h10-12,16-17,19,26-30,32,34H,4-9,13-15,18,20-22H2,1-3H3/b17-16+/t26-,27-,28-,29+,30-,32?/m1/s1. The molecule has 1 saturated carbocycles. The lowest BCUT2D eigenvalue weighted by molar-refractivity contribution is -0.193. The molecule has 1 saturated heterocycles. The van der Waals surface area contributed by atoms with E-state index >= 15 is 0 Å². The minimum atomic E-state index is -0.656. The molecule has 2 fully saturated rings. The predicted molar refractivity (Wildman–Crippen MR) is 151 cm³/mol. The van der Waals surface area contributed by atoms with E-state index in [9.17, 15) is 14.7 Å². The summed E-state index contributed by atoms with van der Waals surface area (Å²) < 4.78 is 28.1. The molecule has 1 aliphatic heterocycles. The van der Waals surface area contributed by atoms with Gasteiger partial charge in [-0.2, -0.15) is 0 Å². The van der Waals surface area contributed by atoms with Crippen LogP contribution in [0.15, 0.2) is 36.4 Å². The van der Waals surface area contributed by atoms with Gasteiger partial charge in [0.2, 0.25) is 0 Å². The third-order valence-corrected chi connectivity index (χ3v) is 7.85. The molecule has 8 heteroatoms. The molecule has 2 aliphatic rings. The molecule has 1 aliphatic carbocycles. The van der Waals surface area contributed by atoms with Gasteiger partial charge in [-0.25, -0.2) is 0 Å². The van der Waals surface area contributed by atoms with E-state index < -0.39 is 6.10 Å². The normalized spacial score (nSPS) is 25.6. The molecule has 224 valence electrons. The van der Waals surface area contributed by atoms with Gasteiger partial charge in [0.1, 0.15) is 6.10 Å². The Morgan fingerprint density at radius 2 is 1.90 bits per heavy atom. The van der Waals surface area contributed by atoms with Crippen molar-refractivity contribution in [2.45, 2.75) is 109 Å². The number of rotatable bonds is 16. The average molecular weight is 561 g/mol. The largest absolute Gasteiger partial charge is 0.469 e. The van der Waals surface area contributed by atoms with E-state index in [0.717, 1.165) is 62.5 Å². The van der Waals surface area contributed by atoms with Crippen molar-refractivity contribution in [2.75, 3.05) is 20.8 Å². The van der Waals surface area contributed by atoms with Crippen molar-refractivity contribution in [3.8, 4) is 0 Å². The predicted octanol–water partition coefficient (Wildman–Crippen LogP) is 5.29. The van der Waals surface area contributed by atoms with Gasteiger partial charge in [0, 0.05) is 51.7 Å². The fourth-order valence-electron chi connectivity index (χ4n) is 5.92. The van der Waals surface area contributed by atoms with Crippen LogP contribution in [0.1, 0.15) is 82.3 Å². The Kier molecular flexibility index (Phi) is 14.1. The minimum Gasteiger partial charge on any atom is -0.469 e. The summed E-state index contributed by atoms with van der Waals surface area (Å²) in [6, 6.07) is 8.06. The summed E-state index contributed by atoms with van der Waals surface area (Å²) in [6.45, 7) is 2.68. The summed E-state index contributed by atoms with van der Waals surface area (Å²) in [5.41, 5.74) is 2.12. The number of benzene rings is 1. The Morgan fingerprint density at radius 1 is 1.10 bits per heavy atom. The van der Waals surface area contributed by atoms with Gasteiger partial charge in [-0.05, 0) is 43.2 Å². The second-order valence-corrected chi connectivity index (χ2v) is 11.0. The van der Waals surface area contributed by atoms with Gasteiger partial charge in [-0.15, -0.1) is 0 Å². The number of hydrogen-bond donors (Lipinski definition) is 1. The molecular formula is C32H48O8. The molecule has 0 radical (unpaired) electrons. The molecule has 0 amide bonds. The van der Waals surface area contributed by atoms with Crippen LogP contribution in [0.4, 0.5) is 0 Å². The van der Waals surface area contributed by atoms with Crippen molar-refractivity contribution in [1.82, 2.24) is 0 Å². The van der Waals surface area contributed by atoms with Crippen molar-refractivity contribution >= 4 is 11.9 Å². The maximum Gasteiger partial charge on any atom is 0.305 e. The van der Waals surface area contributed by atoms with E-state index in [0.29, 0.717) is 32.5 Å². The van der Waals surface area contributed by atoms with Crippen molar-refractivity contribution in [3.05, 3.63) is 47.5 Å². The smallest absolute Gasteiger partial charge is 0.305 e. The Labute approximate surface area is 239 Å². The fraction of sp³-hybridized carbons (Fsp3) is 0.688. The van der Waals surface area contributed by atoms with Gasteiger partial charge in [0.25, 0.3) is 0 Å². The van der Waals surface area contributed by atoms with Crippen LogP contribution in [0, 0.1) is 11.8 Å². The number of hydrogen-bond acceptors (Lipinski definition) is 8. The topological polar surface area (TPSA) is 101 Å². The van der Waals surface area contributed by atoms with Crippen molar-refractivity contribution < 1.29 is 38.4 Å². The van der Waals surface area contributed by atoms with Gasteiger partial charge >= 0.3 is 11.9 Å². The molecule has 1 heterocycles. The van der Waals surface area contributed by atoms with E-state index in [1.165, 1.54) is 14.0 Å². The average Bonchev–Trinajstić information content (AvgIpc) is 3.24. The summed E-state index contributed by atoms with van der Waals surface area (Å²) in [6.07, 6.45) is 11.7. The molecule has 3 rings (SSSR count). The summed E-state index contributed by atoms with van der Waals surface area (Å²) in [5.74, 6) is -0.405. The van der Waals surface area contributed by atoms with Crippen LogP contribution in [0.25, 0.3) is 0 Å². The minimum absolute atomic E-state index is 0.0144. The number of unbranched alkanes of at least 4 members (excludes halogenated alkanes) is 3. The second-order valence-electron chi connectivity index (χ2n) is 11.0. The van der Waals surface area contributed by atoms with E-state index in [2.05, 4.69) is 12.1 Å². The van der Waals surface area contributed by atoms with Crippen molar-refractivity contribution in [2.24, 2.45) is 11.8 Å². The Morgan fingerprint density at radius 3 is 2.62 bits per heavy atom. The highest BCUT2D eigenvalue weighted by molar-refractivity contribution is 5.69. The zero-order valence-corrected chi connectivity index (χ0v) is 24.4. The molecule has 1 aromatic rings. The highest BCUT2D eigenvalue weighted by atomic mass is 16.7. The SMILES string of the molecule is COCc1cccc(C[C@H](O)/C=C/[C@@H]2[C@@H](CCCCCCC(=O)OC)[C@@H](OC(C)=O)C[C@H]2OC2CCCCO2)c1. The Balaban J connectivity index is 1.69.